The second-order valence-electron chi connectivity index (χ2n) is 5.09. The lowest BCUT2D eigenvalue weighted by atomic mass is 10.0. The van der Waals surface area contributed by atoms with Crippen molar-refractivity contribution in [3.63, 3.8) is 0 Å². The quantitative estimate of drug-likeness (QED) is 0.780. The first-order valence-corrected chi connectivity index (χ1v) is 6.90. The maximum atomic E-state index is 5.77. The van der Waals surface area contributed by atoms with E-state index in [1.54, 1.807) is 12.4 Å². The van der Waals surface area contributed by atoms with Gasteiger partial charge in [0.25, 0.3) is 0 Å². The molecule has 1 unspecified atom stereocenters. The second kappa shape index (κ2) is 4.79. The molecular weight excluding hydrogens is 264 g/mol. The van der Waals surface area contributed by atoms with Crippen molar-refractivity contribution >= 4 is 16.7 Å². The third kappa shape index (κ3) is 2.11. The van der Waals surface area contributed by atoms with Gasteiger partial charge in [-0.1, -0.05) is 12.1 Å². The molecule has 1 aromatic carbocycles. The van der Waals surface area contributed by atoms with Crippen LogP contribution in [0, 0.1) is 0 Å². The number of ether oxygens (including phenoxy) is 1. The first-order valence-electron chi connectivity index (χ1n) is 6.90. The summed E-state index contributed by atoms with van der Waals surface area (Å²) in [6.07, 6.45) is 4.34. The van der Waals surface area contributed by atoms with Crippen LogP contribution in [0.15, 0.2) is 42.7 Å². The predicted molar refractivity (Wildman–Crippen MR) is 80.5 cm³/mol. The molecule has 0 spiro atoms. The number of pyridine rings is 1. The molecule has 0 radical (unpaired) electrons. The number of hydrogen-bond donors (Lipinski definition) is 1. The van der Waals surface area contributed by atoms with Gasteiger partial charge in [0.15, 0.2) is 0 Å². The number of rotatable bonds is 2. The van der Waals surface area contributed by atoms with Crippen LogP contribution < -0.4 is 5.73 Å². The molecule has 104 valence electrons. The Morgan fingerprint density at radius 3 is 2.90 bits per heavy atom. The fraction of sp³-hybridized carbons (Fsp3) is 0.188. The fourth-order valence-corrected chi connectivity index (χ4v) is 2.54. The topological polar surface area (TPSA) is 73.9 Å². The summed E-state index contributed by atoms with van der Waals surface area (Å²) < 4.78 is 5.55. The van der Waals surface area contributed by atoms with Crippen LogP contribution in [0.4, 0.5) is 5.82 Å². The Labute approximate surface area is 121 Å². The molecule has 5 nitrogen and oxygen atoms in total. The minimum Gasteiger partial charge on any atom is -0.382 e. The number of hydrogen-bond acceptors (Lipinski definition) is 5. The summed E-state index contributed by atoms with van der Waals surface area (Å²) in [6, 6.07) is 10.0. The van der Waals surface area contributed by atoms with E-state index in [1.165, 1.54) is 0 Å². The van der Waals surface area contributed by atoms with E-state index in [1.807, 2.05) is 24.3 Å². The lowest BCUT2D eigenvalue weighted by molar-refractivity contribution is -0.0549. The van der Waals surface area contributed by atoms with E-state index in [9.17, 15) is 0 Å². The van der Waals surface area contributed by atoms with Crippen molar-refractivity contribution < 1.29 is 4.74 Å². The van der Waals surface area contributed by atoms with Gasteiger partial charge < -0.3 is 10.5 Å². The molecule has 0 bridgehead atoms. The molecule has 5 heteroatoms. The Morgan fingerprint density at radius 2 is 2.10 bits per heavy atom. The fourth-order valence-electron chi connectivity index (χ4n) is 2.54. The number of nitrogen functional groups attached to an aromatic ring is 1. The maximum absolute atomic E-state index is 5.77. The highest BCUT2D eigenvalue weighted by Crippen LogP contribution is 2.35. The van der Waals surface area contributed by atoms with Crippen LogP contribution in [0.5, 0.6) is 0 Å². The number of fused-ring (bicyclic) bond motifs is 1. The van der Waals surface area contributed by atoms with Crippen molar-refractivity contribution in [2.45, 2.75) is 12.5 Å². The molecule has 1 aliphatic rings. The molecule has 0 saturated carbocycles. The zero-order valence-electron chi connectivity index (χ0n) is 11.4. The third-order valence-electron chi connectivity index (χ3n) is 3.70. The molecular formula is C16H14N4O. The van der Waals surface area contributed by atoms with Crippen molar-refractivity contribution in [1.82, 2.24) is 15.0 Å². The Balaban J connectivity index is 1.87. The van der Waals surface area contributed by atoms with E-state index in [-0.39, 0.29) is 6.10 Å². The van der Waals surface area contributed by atoms with Crippen molar-refractivity contribution in [3.8, 4) is 11.3 Å². The van der Waals surface area contributed by atoms with E-state index in [4.69, 9.17) is 10.5 Å². The van der Waals surface area contributed by atoms with Crippen LogP contribution in [-0.4, -0.2) is 21.6 Å². The zero-order valence-corrected chi connectivity index (χ0v) is 11.4. The molecule has 0 amide bonds. The highest BCUT2D eigenvalue weighted by molar-refractivity contribution is 5.84. The smallest absolute Gasteiger partial charge is 0.142 e. The van der Waals surface area contributed by atoms with Gasteiger partial charge in [-0.25, -0.2) is 4.98 Å². The number of benzene rings is 1. The van der Waals surface area contributed by atoms with Gasteiger partial charge in [-0.3, -0.25) is 9.97 Å². The Bertz CT molecular complexity index is 814. The molecule has 4 rings (SSSR count). The summed E-state index contributed by atoms with van der Waals surface area (Å²) in [6.45, 7) is 0.766. The van der Waals surface area contributed by atoms with E-state index < -0.39 is 0 Å². The Hall–Kier alpha value is -2.53. The highest BCUT2D eigenvalue weighted by atomic mass is 16.5. The van der Waals surface area contributed by atoms with Crippen LogP contribution in [0.1, 0.15) is 18.2 Å². The number of anilines is 1. The van der Waals surface area contributed by atoms with E-state index in [2.05, 4.69) is 21.0 Å². The summed E-state index contributed by atoms with van der Waals surface area (Å²) >= 11 is 0. The monoisotopic (exact) mass is 278 g/mol. The molecule has 0 aliphatic carbocycles. The molecule has 21 heavy (non-hydrogen) atoms. The van der Waals surface area contributed by atoms with Gasteiger partial charge in [0, 0.05) is 23.6 Å². The van der Waals surface area contributed by atoms with Gasteiger partial charge in [-0.2, -0.15) is 0 Å². The highest BCUT2D eigenvalue weighted by Gasteiger charge is 2.26. The van der Waals surface area contributed by atoms with Crippen LogP contribution in [0.3, 0.4) is 0 Å². The zero-order chi connectivity index (χ0) is 14.2. The van der Waals surface area contributed by atoms with E-state index in [0.29, 0.717) is 5.82 Å². The van der Waals surface area contributed by atoms with Gasteiger partial charge in [-0.15, -0.1) is 0 Å². The normalized spacial score (nSPS) is 17.6. The molecule has 3 heterocycles. The molecule has 2 aromatic heterocycles. The van der Waals surface area contributed by atoms with Crippen molar-refractivity contribution in [2.75, 3.05) is 12.3 Å². The number of nitrogens with zero attached hydrogens (tertiary/aromatic N) is 3. The summed E-state index contributed by atoms with van der Waals surface area (Å²) in [4.78, 5) is 13.2. The lowest BCUT2D eigenvalue weighted by Crippen LogP contribution is -2.21. The SMILES string of the molecule is Nc1cnc(-c2ccc3ncccc3c2)c(C2CCO2)n1. The van der Waals surface area contributed by atoms with Gasteiger partial charge in [0.2, 0.25) is 0 Å². The maximum Gasteiger partial charge on any atom is 0.142 e. The van der Waals surface area contributed by atoms with Crippen molar-refractivity contribution in [3.05, 3.63) is 48.4 Å². The molecule has 1 saturated heterocycles. The summed E-state index contributed by atoms with van der Waals surface area (Å²) in [5, 5.41) is 1.08. The Morgan fingerprint density at radius 1 is 1.19 bits per heavy atom. The van der Waals surface area contributed by atoms with Crippen LogP contribution in [-0.2, 0) is 4.74 Å². The molecule has 1 fully saturated rings. The van der Waals surface area contributed by atoms with Crippen LogP contribution >= 0.6 is 0 Å². The largest absolute Gasteiger partial charge is 0.382 e. The second-order valence-corrected chi connectivity index (χ2v) is 5.09. The first-order chi connectivity index (χ1) is 10.3. The molecule has 2 N–H and O–H groups in total. The summed E-state index contributed by atoms with van der Waals surface area (Å²) in [7, 11) is 0. The molecule has 1 atom stereocenters. The first kappa shape index (κ1) is 12.2. The number of aromatic nitrogens is 3. The van der Waals surface area contributed by atoms with E-state index in [0.717, 1.165) is 40.9 Å². The minimum absolute atomic E-state index is 0.000551. The number of nitrogens with two attached hydrogens (primary N) is 1. The third-order valence-corrected chi connectivity index (χ3v) is 3.70. The molecule has 3 aromatic rings. The van der Waals surface area contributed by atoms with Crippen LogP contribution in [0.2, 0.25) is 0 Å². The summed E-state index contributed by atoms with van der Waals surface area (Å²) in [5.41, 5.74) is 9.40. The van der Waals surface area contributed by atoms with Gasteiger partial charge in [0.05, 0.1) is 29.7 Å². The standard InChI is InChI=1S/C16H14N4O/c17-14-9-19-15(16(20-14)13-5-7-21-13)11-3-4-12-10(8-11)2-1-6-18-12/h1-4,6,8-9,13H,5,7H2,(H2,17,20). The van der Waals surface area contributed by atoms with Crippen molar-refractivity contribution in [2.24, 2.45) is 0 Å². The molecule has 1 aliphatic heterocycles. The summed E-state index contributed by atoms with van der Waals surface area (Å²) in [5.74, 6) is 0.423. The Kier molecular flexibility index (Phi) is 2.79. The lowest BCUT2D eigenvalue weighted by Gasteiger charge is -2.27. The van der Waals surface area contributed by atoms with Gasteiger partial charge in [-0.05, 0) is 18.2 Å². The predicted octanol–water partition coefficient (Wildman–Crippen LogP) is 2.74. The van der Waals surface area contributed by atoms with Crippen LogP contribution in [0.25, 0.3) is 22.2 Å². The van der Waals surface area contributed by atoms with Crippen molar-refractivity contribution in [1.29, 1.82) is 0 Å². The minimum atomic E-state index is 0.000551. The van der Waals surface area contributed by atoms with Gasteiger partial charge >= 0.3 is 0 Å². The average molecular weight is 278 g/mol. The van der Waals surface area contributed by atoms with Gasteiger partial charge in [0.1, 0.15) is 11.9 Å². The van der Waals surface area contributed by atoms with E-state index >= 15 is 0 Å². The average Bonchev–Trinajstić information content (AvgIpc) is 2.45.